The topological polar surface area (TPSA) is 35.8 Å². The lowest BCUT2D eigenvalue weighted by Gasteiger charge is -2.29. The molecule has 0 fully saturated rings. The summed E-state index contributed by atoms with van der Waals surface area (Å²) in [6.45, 7) is 4.53. The first kappa shape index (κ1) is 14.0. The summed E-state index contributed by atoms with van der Waals surface area (Å²) >= 11 is 6.16. The zero-order valence-corrected chi connectivity index (χ0v) is 12.9. The van der Waals surface area contributed by atoms with Gasteiger partial charge in [0.1, 0.15) is 0 Å². The van der Waals surface area contributed by atoms with Crippen molar-refractivity contribution < 1.29 is 0 Å². The lowest BCUT2D eigenvalue weighted by atomic mass is 9.85. The second kappa shape index (κ2) is 5.09. The first-order valence-corrected chi connectivity index (χ1v) is 7.42. The lowest BCUT2D eigenvalue weighted by Crippen LogP contribution is -2.24. The molecule has 2 nitrogen and oxygen atoms in total. The molecule has 3 heteroatoms. The maximum Gasteiger partial charge on any atom is 0.0991 e. The molecular formula is C18H17ClN2. The Morgan fingerprint density at radius 3 is 2.57 bits per heavy atom. The summed E-state index contributed by atoms with van der Waals surface area (Å²) in [6, 6.07) is 16.1. The van der Waals surface area contributed by atoms with Crippen molar-refractivity contribution in [1.29, 1.82) is 5.26 Å². The van der Waals surface area contributed by atoms with E-state index in [-0.39, 0.29) is 11.5 Å². The fourth-order valence-electron chi connectivity index (χ4n) is 3.09. The molecule has 1 aliphatic rings. The van der Waals surface area contributed by atoms with Gasteiger partial charge in [-0.15, -0.1) is 0 Å². The monoisotopic (exact) mass is 296 g/mol. The Bertz CT molecular complexity index is 711. The molecule has 1 aliphatic carbocycles. The molecule has 0 spiro atoms. The van der Waals surface area contributed by atoms with Crippen LogP contribution in [0.3, 0.4) is 0 Å². The molecule has 106 valence electrons. The van der Waals surface area contributed by atoms with Crippen molar-refractivity contribution in [3.63, 3.8) is 0 Å². The second-order valence-electron chi connectivity index (χ2n) is 6.27. The summed E-state index contributed by atoms with van der Waals surface area (Å²) in [7, 11) is 0. The van der Waals surface area contributed by atoms with Gasteiger partial charge in [0.2, 0.25) is 0 Å². The van der Waals surface area contributed by atoms with E-state index in [0.717, 1.165) is 17.1 Å². The summed E-state index contributed by atoms with van der Waals surface area (Å²) < 4.78 is 0. The summed E-state index contributed by atoms with van der Waals surface area (Å²) in [4.78, 5) is 0. The third-order valence-electron chi connectivity index (χ3n) is 4.17. The van der Waals surface area contributed by atoms with E-state index >= 15 is 0 Å². The number of nitrogens with zero attached hydrogens (tertiary/aromatic N) is 1. The van der Waals surface area contributed by atoms with E-state index < -0.39 is 0 Å². The first-order valence-electron chi connectivity index (χ1n) is 7.05. The predicted octanol–water partition coefficient (Wildman–Crippen LogP) is 4.95. The molecule has 21 heavy (non-hydrogen) atoms. The van der Waals surface area contributed by atoms with Crippen molar-refractivity contribution in [2.45, 2.75) is 26.3 Å². The molecule has 1 atom stereocenters. The standard InChI is InChI=1S/C18H17ClN2/c1-18(2)10-13-5-6-14(19)9-16(13)17(18)21-15-7-3-12(11-20)4-8-15/h3-9,17,21H,10H2,1-2H3. The largest absolute Gasteiger partial charge is 0.378 e. The summed E-state index contributed by atoms with van der Waals surface area (Å²) in [5.74, 6) is 0. The quantitative estimate of drug-likeness (QED) is 0.851. The zero-order chi connectivity index (χ0) is 15.0. The number of anilines is 1. The molecule has 1 unspecified atom stereocenters. The molecule has 0 heterocycles. The van der Waals surface area contributed by atoms with Gasteiger partial charge >= 0.3 is 0 Å². The number of hydrogen-bond donors (Lipinski definition) is 1. The number of nitriles is 1. The Balaban J connectivity index is 1.93. The Morgan fingerprint density at radius 1 is 1.19 bits per heavy atom. The van der Waals surface area contributed by atoms with Gasteiger partial charge in [-0.2, -0.15) is 5.26 Å². The highest BCUT2D eigenvalue weighted by molar-refractivity contribution is 6.30. The van der Waals surface area contributed by atoms with E-state index in [4.69, 9.17) is 16.9 Å². The van der Waals surface area contributed by atoms with Crippen molar-refractivity contribution in [3.05, 3.63) is 64.2 Å². The minimum absolute atomic E-state index is 0.126. The summed E-state index contributed by atoms with van der Waals surface area (Å²) in [6.07, 6.45) is 1.04. The van der Waals surface area contributed by atoms with E-state index in [1.807, 2.05) is 30.3 Å². The third-order valence-corrected chi connectivity index (χ3v) is 4.41. The van der Waals surface area contributed by atoms with Crippen molar-refractivity contribution >= 4 is 17.3 Å². The van der Waals surface area contributed by atoms with Crippen LogP contribution in [0.2, 0.25) is 5.02 Å². The van der Waals surface area contributed by atoms with E-state index in [1.165, 1.54) is 11.1 Å². The highest BCUT2D eigenvalue weighted by Gasteiger charge is 2.38. The Labute approximate surface area is 130 Å². The number of rotatable bonds is 2. The number of halogens is 1. The molecule has 3 rings (SSSR count). The Hall–Kier alpha value is -1.98. The molecule has 0 saturated carbocycles. The highest BCUT2D eigenvalue weighted by atomic mass is 35.5. The van der Waals surface area contributed by atoms with Crippen LogP contribution in [-0.4, -0.2) is 0 Å². The van der Waals surface area contributed by atoms with Crippen molar-refractivity contribution in [2.24, 2.45) is 5.41 Å². The zero-order valence-electron chi connectivity index (χ0n) is 12.2. The van der Waals surface area contributed by atoms with Crippen LogP contribution in [-0.2, 0) is 6.42 Å². The smallest absolute Gasteiger partial charge is 0.0991 e. The van der Waals surface area contributed by atoms with Crippen molar-refractivity contribution in [3.8, 4) is 6.07 Å². The molecular weight excluding hydrogens is 280 g/mol. The van der Waals surface area contributed by atoms with Crippen LogP contribution in [0.4, 0.5) is 5.69 Å². The van der Waals surface area contributed by atoms with Gasteiger partial charge in [0.25, 0.3) is 0 Å². The van der Waals surface area contributed by atoms with Crippen LogP contribution in [0, 0.1) is 16.7 Å². The minimum atomic E-state index is 0.126. The van der Waals surface area contributed by atoms with Gasteiger partial charge < -0.3 is 5.32 Å². The summed E-state index contributed by atoms with van der Waals surface area (Å²) in [5, 5.41) is 13.2. The lowest BCUT2D eigenvalue weighted by molar-refractivity contribution is 0.337. The number of fused-ring (bicyclic) bond motifs is 1. The predicted molar refractivity (Wildman–Crippen MR) is 86.5 cm³/mol. The SMILES string of the molecule is CC1(C)Cc2ccc(Cl)cc2C1Nc1ccc(C#N)cc1. The third kappa shape index (κ3) is 2.62. The van der Waals surface area contributed by atoms with Gasteiger partial charge in [0, 0.05) is 10.7 Å². The molecule has 1 N–H and O–H groups in total. The van der Waals surface area contributed by atoms with E-state index in [0.29, 0.717) is 5.56 Å². The molecule has 0 aromatic heterocycles. The van der Waals surface area contributed by atoms with Gasteiger partial charge in [-0.05, 0) is 59.4 Å². The van der Waals surface area contributed by atoms with Gasteiger partial charge in [-0.1, -0.05) is 31.5 Å². The number of nitrogens with one attached hydrogen (secondary N) is 1. The van der Waals surface area contributed by atoms with E-state index in [9.17, 15) is 0 Å². The van der Waals surface area contributed by atoms with Crippen molar-refractivity contribution in [1.82, 2.24) is 0 Å². The Kier molecular flexibility index (Phi) is 3.39. The molecule has 0 aliphatic heterocycles. The second-order valence-corrected chi connectivity index (χ2v) is 6.71. The fraction of sp³-hybridized carbons (Fsp3) is 0.278. The number of hydrogen-bond acceptors (Lipinski definition) is 2. The molecule has 0 bridgehead atoms. The molecule has 2 aromatic rings. The Morgan fingerprint density at radius 2 is 1.90 bits per heavy atom. The van der Waals surface area contributed by atoms with Gasteiger partial charge in [-0.25, -0.2) is 0 Å². The maximum absolute atomic E-state index is 8.87. The minimum Gasteiger partial charge on any atom is -0.378 e. The van der Waals surface area contributed by atoms with Crippen LogP contribution in [0.1, 0.15) is 36.6 Å². The van der Waals surface area contributed by atoms with Crippen molar-refractivity contribution in [2.75, 3.05) is 5.32 Å². The number of benzene rings is 2. The molecule has 0 saturated heterocycles. The first-order chi connectivity index (χ1) is 9.99. The fourth-order valence-corrected chi connectivity index (χ4v) is 3.27. The highest BCUT2D eigenvalue weighted by Crippen LogP contribution is 2.47. The van der Waals surface area contributed by atoms with Crippen LogP contribution in [0.5, 0.6) is 0 Å². The molecule has 0 radical (unpaired) electrons. The molecule has 2 aromatic carbocycles. The molecule has 0 amide bonds. The van der Waals surface area contributed by atoms with Gasteiger partial charge in [-0.3, -0.25) is 0 Å². The average Bonchev–Trinajstić information content (AvgIpc) is 2.71. The maximum atomic E-state index is 8.87. The average molecular weight is 297 g/mol. The van der Waals surface area contributed by atoms with Crippen LogP contribution >= 0.6 is 11.6 Å². The normalized spacial score (nSPS) is 18.9. The van der Waals surface area contributed by atoms with E-state index in [2.05, 4.69) is 37.4 Å². The van der Waals surface area contributed by atoms with Crippen LogP contribution < -0.4 is 5.32 Å². The van der Waals surface area contributed by atoms with Crippen LogP contribution in [0.25, 0.3) is 0 Å². The van der Waals surface area contributed by atoms with E-state index in [1.54, 1.807) is 0 Å². The van der Waals surface area contributed by atoms with Gasteiger partial charge in [0.05, 0.1) is 17.7 Å². The van der Waals surface area contributed by atoms with Gasteiger partial charge in [0.15, 0.2) is 0 Å². The summed E-state index contributed by atoms with van der Waals surface area (Å²) in [5.41, 5.74) is 4.46. The van der Waals surface area contributed by atoms with Crippen LogP contribution in [0.15, 0.2) is 42.5 Å².